The Bertz CT molecular complexity index is 805. The molecule has 0 spiro atoms. The summed E-state index contributed by atoms with van der Waals surface area (Å²) in [6, 6.07) is -2.23. The van der Waals surface area contributed by atoms with E-state index in [4.69, 9.17) is 21.7 Å². The maximum Gasteiger partial charge on any atom is 0.321 e. The Balaban J connectivity index is 4.25. The summed E-state index contributed by atoms with van der Waals surface area (Å²) in [5.74, 6) is -4.61. The number of carboxylic acids is 2. The van der Waals surface area contributed by atoms with Crippen LogP contribution in [0.5, 0.6) is 0 Å². The van der Waals surface area contributed by atoms with E-state index in [9.17, 15) is 48.6 Å². The van der Waals surface area contributed by atoms with Crippen LogP contribution in [0.1, 0.15) is 0 Å². The van der Waals surface area contributed by atoms with Gasteiger partial charge in [-0.15, -0.1) is 23.5 Å². The molecule has 0 saturated heterocycles. The van der Waals surface area contributed by atoms with Crippen LogP contribution in [0.3, 0.4) is 0 Å². The van der Waals surface area contributed by atoms with Gasteiger partial charge in [0.2, 0.25) is 11.8 Å². The largest absolute Gasteiger partial charge is 0.480 e. The zero-order chi connectivity index (χ0) is 30.8. The molecule has 0 fully saturated rings. The number of nitrogens with one attached hydrogen (secondary N) is 4. The van der Waals surface area contributed by atoms with Crippen LogP contribution in [0.2, 0.25) is 0 Å². The van der Waals surface area contributed by atoms with Crippen LogP contribution >= 0.6 is 23.5 Å². The van der Waals surface area contributed by atoms with E-state index in [1.54, 1.807) is 0 Å². The van der Waals surface area contributed by atoms with Gasteiger partial charge in [-0.25, -0.2) is 8.93 Å². The molecule has 232 valence electrons. The lowest BCUT2D eigenvalue weighted by molar-refractivity contribution is -0.143. The monoisotopic (exact) mass is 636 g/mol. The molecule has 18 nitrogen and oxygen atoms in total. The van der Waals surface area contributed by atoms with E-state index < -0.39 is 76.5 Å². The second kappa shape index (κ2) is 20.7. The number of carbonyl (C=O) groups is 5. The summed E-state index contributed by atoms with van der Waals surface area (Å²) in [5, 5.41) is 64.2. The lowest BCUT2D eigenvalue weighted by atomic mass is 10.1. The van der Waals surface area contributed by atoms with Crippen LogP contribution in [-0.4, -0.2) is 150 Å². The first-order chi connectivity index (χ1) is 18.7. The highest BCUT2D eigenvalue weighted by atomic mass is 32.2. The molecular formula is C19H36N6O12S3. The van der Waals surface area contributed by atoms with Crippen LogP contribution in [0.4, 0.5) is 0 Å². The Kier molecular flexibility index (Phi) is 19.7. The van der Waals surface area contributed by atoms with E-state index in [0.29, 0.717) is 0 Å². The lowest BCUT2D eigenvalue weighted by Gasteiger charge is -2.25. The molecule has 3 amide bonds. The molecule has 40 heavy (non-hydrogen) atoms. The molecule has 0 bridgehead atoms. The van der Waals surface area contributed by atoms with Crippen LogP contribution in [-0.2, 0) is 35.0 Å². The number of aliphatic hydroxyl groups is 4. The highest BCUT2D eigenvalue weighted by Crippen LogP contribution is 2.08. The van der Waals surface area contributed by atoms with E-state index in [-0.39, 0.29) is 49.2 Å². The summed E-state index contributed by atoms with van der Waals surface area (Å²) in [5.41, 5.74) is 8.48. The number of nitrogens with two attached hydrogens (primary N) is 2. The number of carboxylic acid groups (broad SMARTS) is 2. The molecule has 0 heterocycles. The smallest absolute Gasteiger partial charge is 0.321 e. The molecule has 0 radical (unpaired) electrons. The fourth-order valence-corrected chi connectivity index (χ4v) is 4.86. The molecule has 0 aliphatic heterocycles. The predicted molar refractivity (Wildman–Crippen MR) is 145 cm³/mol. The van der Waals surface area contributed by atoms with Crippen molar-refractivity contribution in [3.63, 3.8) is 0 Å². The zero-order valence-corrected chi connectivity index (χ0v) is 23.6. The molecule has 14 N–H and O–H groups in total. The van der Waals surface area contributed by atoms with E-state index in [1.807, 2.05) is 0 Å². The van der Waals surface area contributed by atoms with Crippen LogP contribution in [0, 0.1) is 0 Å². The Labute approximate surface area is 240 Å². The van der Waals surface area contributed by atoms with Gasteiger partial charge in [-0.2, -0.15) is 0 Å². The number of hydrogen-bond donors (Lipinski definition) is 12. The second-order valence-corrected chi connectivity index (χ2v) is 11.3. The predicted octanol–water partition coefficient (Wildman–Crippen LogP) is -6.72. The molecule has 0 aliphatic carbocycles. The molecule has 0 saturated carbocycles. The average molecular weight is 637 g/mol. The van der Waals surface area contributed by atoms with E-state index in [2.05, 4.69) is 20.7 Å². The average Bonchev–Trinajstić information content (AvgIpc) is 2.90. The van der Waals surface area contributed by atoms with Crippen molar-refractivity contribution in [1.29, 1.82) is 0 Å². The zero-order valence-electron chi connectivity index (χ0n) is 21.1. The Morgan fingerprint density at radius 2 is 1.12 bits per heavy atom. The van der Waals surface area contributed by atoms with E-state index in [0.717, 1.165) is 23.5 Å². The van der Waals surface area contributed by atoms with Crippen molar-refractivity contribution in [3.05, 3.63) is 0 Å². The number of aliphatic carboxylic acids is 2. The summed E-state index contributed by atoms with van der Waals surface area (Å²) in [7, 11) is -2.37. The first kappa shape index (κ1) is 37.9. The van der Waals surface area contributed by atoms with Gasteiger partial charge in [0.1, 0.15) is 35.3 Å². The summed E-state index contributed by atoms with van der Waals surface area (Å²) in [6.07, 6.45) is -6.68. The van der Waals surface area contributed by atoms with Crippen molar-refractivity contribution in [2.24, 2.45) is 11.5 Å². The minimum Gasteiger partial charge on any atom is -0.480 e. The third-order valence-electron chi connectivity index (χ3n) is 4.59. The number of thioether (sulfide) groups is 2. The van der Waals surface area contributed by atoms with Crippen molar-refractivity contribution in [1.82, 2.24) is 20.7 Å². The van der Waals surface area contributed by atoms with Crippen molar-refractivity contribution in [2.45, 2.75) is 35.8 Å². The molecule has 0 rings (SSSR count). The quantitative estimate of drug-likeness (QED) is 0.0491. The molecule has 7 atom stereocenters. The fraction of sp³-hybridized carbons (Fsp3) is 0.737. The number of aliphatic hydroxyl groups excluding tert-OH is 4. The number of hydrogen-bond acceptors (Lipinski definition) is 14. The van der Waals surface area contributed by atoms with Gasteiger partial charge in [0.15, 0.2) is 11.5 Å². The van der Waals surface area contributed by atoms with Gasteiger partial charge in [-0.05, 0) is 0 Å². The van der Waals surface area contributed by atoms with Gasteiger partial charge >= 0.3 is 11.9 Å². The van der Waals surface area contributed by atoms with Gasteiger partial charge in [0.05, 0.1) is 11.5 Å². The van der Waals surface area contributed by atoms with Crippen molar-refractivity contribution < 1.29 is 58.8 Å². The highest BCUT2D eigenvalue weighted by Gasteiger charge is 2.36. The Morgan fingerprint density at radius 3 is 1.57 bits per heavy atom. The second-order valence-electron chi connectivity index (χ2n) is 7.92. The first-order valence-electron chi connectivity index (χ1n) is 11.5. The lowest BCUT2D eigenvalue weighted by Crippen LogP contribution is -2.53. The maximum atomic E-state index is 12.1. The minimum atomic E-state index is -2.37. The van der Waals surface area contributed by atoms with E-state index >= 15 is 0 Å². The van der Waals surface area contributed by atoms with E-state index in [1.165, 1.54) is 0 Å². The van der Waals surface area contributed by atoms with Gasteiger partial charge < -0.3 is 58.1 Å². The van der Waals surface area contributed by atoms with Gasteiger partial charge in [0, 0.05) is 37.7 Å². The molecule has 3 unspecified atom stereocenters. The summed E-state index contributed by atoms with van der Waals surface area (Å²) >= 11 is 1.99. The maximum absolute atomic E-state index is 12.1. The number of amides is 3. The van der Waals surface area contributed by atoms with Crippen molar-refractivity contribution in [3.8, 4) is 0 Å². The van der Waals surface area contributed by atoms with Crippen LogP contribution in [0.25, 0.3) is 0 Å². The fourth-order valence-electron chi connectivity index (χ4n) is 2.37. The molecule has 0 aromatic heterocycles. The Morgan fingerprint density at radius 1 is 0.700 bits per heavy atom. The standard InChI is InChI=1S/C19H36N6O12S3/c20-9(17(32)33)5-38-7-11(26)22-1-2-24-16(31)14(29)13(28)15(30)19(36)40(37)25-4-3-23-12(27)8-39-6-10(21)18(34)35/h9-10,13-15,19,25,28-30,36H,1-8,20-21H2,(H,22,26)(H,23,27)(H,24,31)(H,32,33)(H,34,35)/t9?,10?,13-,14-,15-,19-,40?/m0/s1. The molecule has 0 aliphatic rings. The highest BCUT2D eigenvalue weighted by molar-refractivity contribution is 8.00. The summed E-state index contributed by atoms with van der Waals surface area (Å²) < 4.78 is 14.4. The number of rotatable bonds is 22. The van der Waals surface area contributed by atoms with Crippen molar-refractivity contribution in [2.75, 3.05) is 49.2 Å². The van der Waals surface area contributed by atoms with Crippen LogP contribution < -0.4 is 32.1 Å². The normalized spacial score (nSPS) is 16.4. The minimum absolute atomic E-state index is 0.0153. The third-order valence-corrected chi connectivity index (χ3v) is 7.92. The van der Waals surface area contributed by atoms with Crippen molar-refractivity contribution >= 4 is 64.2 Å². The summed E-state index contributed by atoms with van der Waals surface area (Å²) in [6.45, 7) is -0.464. The third kappa shape index (κ3) is 16.2. The SMILES string of the molecule is NC(CSCC(=O)NCCNC(=O)[C@@H](O)[C@H](O)[C@H](O)[C@@H](O)S(=O)NCCNC(=O)CSCC(N)C(=O)O)C(=O)O. The molecular weight excluding hydrogens is 600 g/mol. The van der Waals surface area contributed by atoms with Gasteiger partial charge in [-0.1, -0.05) is 0 Å². The van der Waals surface area contributed by atoms with Crippen LogP contribution in [0.15, 0.2) is 0 Å². The van der Waals surface area contributed by atoms with Gasteiger partial charge in [-0.3, -0.25) is 24.0 Å². The number of carbonyl (C=O) groups excluding carboxylic acids is 3. The van der Waals surface area contributed by atoms with Gasteiger partial charge in [0.25, 0.3) is 5.91 Å². The topological polar surface area (TPSA) is 324 Å². The first-order valence-corrected chi connectivity index (χ1v) is 15.0. The molecule has 0 aromatic rings. The Hall–Kier alpha value is -2.08. The molecule has 21 heteroatoms. The summed E-state index contributed by atoms with van der Waals surface area (Å²) in [4.78, 5) is 56.5. The molecule has 0 aromatic carbocycles.